The molecule has 0 saturated carbocycles. The Kier molecular flexibility index (Phi) is 4.12. The number of nitrogens with zero attached hydrogens (tertiary/aromatic N) is 1. The maximum atomic E-state index is 13.9. The van der Waals surface area contributed by atoms with E-state index in [1.165, 1.54) is 35.7 Å². The van der Waals surface area contributed by atoms with E-state index in [4.69, 9.17) is 18.9 Å². The molecule has 0 N–H and O–H groups in total. The molecule has 2 aromatic rings. The molecule has 2 aliphatic heterocycles. The minimum absolute atomic E-state index is 0.0138. The summed E-state index contributed by atoms with van der Waals surface area (Å²) in [5, 5.41) is 0. The normalized spacial score (nSPS) is 17.0. The van der Waals surface area contributed by atoms with Crippen molar-refractivity contribution in [1.82, 2.24) is 4.31 Å². The fourth-order valence-electron chi connectivity index (χ4n) is 2.79. The molecule has 2 heterocycles. The Labute approximate surface area is 149 Å². The molecule has 2 aromatic carbocycles. The highest BCUT2D eigenvalue weighted by Gasteiger charge is 2.39. The summed E-state index contributed by atoms with van der Waals surface area (Å²) < 4.78 is 61.6. The number of fused-ring (bicyclic) bond motifs is 1. The van der Waals surface area contributed by atoms with Crippen LogP contribution in [0.15, 0.2) is 41.3 Å². The van der Waals surface area contributed by atoms with Gasteiger partial charge in [-0.05, 0) is 24.3 Å². The van der Waals surface area contributed by atoms with Gasteiger partial charge in [0.2, 0.25) is 16.8 Å². The molecule has 4 rings (SSSR count). The van der Waals surface area contributed by atoms with Crippen LogP contribution in [0.1, 0.15) is 0 Å². The zero-order valence-electron chi connectivity index (χ0n) is 13.8. The van der Waals surface area contributed by atoms with Gasteiger partial charge in [-0.25, -0.2) is 12.8 Å². The van der Waals surface area contributed by atoms with Crippen molar-refractivity contribution in [3.63, 3.8) is 0 Å². The zero-order chi connectivity index (χ0) is 18.3. The van der Waals surface area contributed by atoms with Crippen LogP contribution in [0.4, 0.5) is 4.39 Å². The smallest absolute Gasteiger partial charge is 0.243 e. The molecule has 1 saturated heterocycles. The second-order valence-corrected chi connectivity index (χ2v) is 7.79. The molecular weight excluding hydrogens is 365 g/mol. The highest BCUT2D eigenvalue weighted by molar-refractivity contribution is 7.89. The molecule has 9 heteroatoms. The monoisotopic (exact) mass is 381 g/mol. The van der Waals surface area contributed by atoms with E-state index in [0.29, 0.717) is 11.5 Å². The average Bonchev–Trinajstić information content (AvgIpc) is 3.06. The van der Waals surface area contributed by atoms with Gasteiger partial charge in [-0.15, -0.1) is 0 Å². The summed E-state index contributed by atoms with van der Waals surface area (Å²) in [5.74, 6) is 0.611. The van der Waals surface area contributed by atoms with Crippen LogP contribution in [0, 0.1) is 5.82 Å². The van der Waals surface area contributed by atoms with Crippen LogP contribution in [-0.4, -0.2) is 45.8 Å². The van der Waals surface area contributed by atoms with Crippen LogP contribution in [-0.2, 0) is 10.0 Å². The molecule has 0 spiro atoms. The lowest BCUT2D eigenvalue weighted by Crippen LogP contribution is -2.56. The summed E-state index contributed by atoms with van der Waals surface area (Å²) in [6.45, 7) is 0.311. The van der Waals surface area contributed by atoms with E-state index in [1.54, 1.807) is 12.1 Å². The van der Waals surface area contributed by atoms with Gasteiger partial charge in [-0.2, -0.15) is 4.31 Å². The molecule has 138 valence electrons. The van der Waals surface area contributed by atoms with Gasteiger partial charge in [0, 0.05) is 6.07 Å². The molecule has 0 aliphatic carbocycles. The standard InChI is InChI=1S/C17H16FNO6S/c1-22-15-4-2-3-13(18)17(15)25-11-8-19(9-11)26(20,21)12-5-6-14-16(7-12)24-10-23-14/h2-7,11H,8-10H2,1H3. The van der Waals surface area contributed by atoms with E-state index in [-0.39, 0.29) is 36.3 Å². The number of ether oxygens (including phenoxy) is 4. The lowest BCUT2D eigenvalue weighted by molar-refractivity contribution is 0.0698. The highest BCUT2D eigenvalue weighted by atomic mass is 32.2. The van der Waals surface area contributed by atoms with Gasteiger partial charge in [-0.3, -0.25) is 0 Å². The predicted octanol–water partition coefficient (Wildman–Crippen LogP) is 2.01. The molecule has 1 fully saturated rings. The largest absolute Gasteiger partial charge is 0.493 e. The third-order valence-electron chi connectivity index (χ3n) is 4.23. The summed E-state index contributed by atoms with van der Waals surface area (Å²) in [4.78, 5) is 0.115. The van der Waals surface area contributed by atoms with E-state index >= 15 is 0 Å². The number of methoxy groups -OCH3 is 1. The number of rotatable bonds is 5. The van der Waals surface area contributed by atoms with Gasteiger partial charge >= 0.3 is 0 Å². The molecule has 26 heavy (non-hydrogen) atoms. The van der Waals surface area contributed by atoms with Gasteiger partial charge in [0.15, 0.2) is 28.8 Å². The SMILES string of the molecule is COc1cccc(F)c1OC1CN(S(=O)(=O)c2ccc3c(c2)OCO3)C1. The Morgan fingerprint density at radius 1 is 1.15 bits per heavy atom. The molecular formula is C17H16FNO6S. The Bertz CT molecular complexity index is 942. The minimum Gasteiger partial charge on any atom is -0.493 e. The summed E-state index contributed by atoms with van der Waals surface area (Å²) in [7, 11) is -2.27. The van der Waals surface area contributed by atoms with Gasteiger partial charge < -0.3 is 18.9 Å². The van der Waals surface area contributed by atoms with Crippen molar-refractivity contribution in [2.24, 2.45) is 0 Å². The number of hydrogen-bond acceptors (Lipinski definition) is 6. The fourth-order valence-corrected chi connectivity index (χ4v) is 4.31. The molecule has 0 radical (unpaired) electrons. The van der Waals surface area contributed by atoms with Crippen LogP contribution in [0.2, 0.25) is 0 Å². The average molecular weight is 381 g/mol. The van der Waals surface area contributed by atoms with E-state index in [0.717, 1.165) is 0 Å². The Hall–Kier alpha value is -2.52. The molecule has 7 nitrogen and oxygen atoms in total. The number of para-hydroxylation sites is 1. The van der Waals surface area contributed by atoms with Crippen molar-refractivity contribution in [2.45, 2.75) is 11.0 Å². The summed E-state index contributed by atoms with van der Waals surface area (Å²) in [6, 6.07) is 8.82. The molecule has 0 bridgehead atoms. The van der Waals surface area contributed by atoms with E-state index in [2.05, 4.69) is 0 Å². The van der Waals surface area contributed by atoms with Gasteiger partial charge in [0.05, 0.1) is 25.1 Å². The molecule has 0 atom stereocenters. The van der Waals surface area contributed by atoms with Gasteiger partial charge in [0.25, 0.3) is 0 Å². The van der Waals surface area contributed by atoms with E-state index in [9.17, 15) is 12.8 Å². The van der Waals surface area contributed by atoms with Gasteiger partial charge in [-0.1, -0.05) is 6.07 Å². The summed E-state index contributed by atoms with van der Waals surface area (Å²) in [5.41, 5.74) is 0. The van der Waals surface area contributed by atoms with Gasteiger partial charge in [0.1, 0.15) is 6.10 Å². The first-order chi connectivity index (χ1) is 12.5. The van der Waals surface area contributed by atoms with Crippen LogP contribution in [0.25, 0.3) is 0 Å². The van der Waals surface area contributed by atoms with E-state index < -0.39 is 21.9 Å². The minimum atomic E-state index is -3.68. The number of sulfonamides is 1. The highest BCUT2D eigenvalue weighted by Crippen LogP contribution is 2.36. The van der Waals surface area contributed by atoms with Crippen molar-refractivity contribution in [3.05, 3.63) is 42.2 Å². The number of benzene rings is 2. The lowest BCUT2D eigenvalue weighted by atomic mass is 10.2. The second-order valence-electron chi connectivity index (χ2n) is 5.85. The third-order valence-corrected chi connectivity index (χ3v) is 6.06. The Morgan fingerprint density at radius 2 is 1.92 bits per heavy atom. The molecule has 0 amide bonds. The lowest BCUT2D eigenvalue weighted by Gasteiger charge is -2.38. The summed E-state index contributed by atoms with van der Waals surface area (Å²) >= 11 is 0. The first-order valence-corrected chi connectivity index (χ1v) is 9.32. The fraction of sp³-hybridized carbons (Fsp3) is 0.294. The van der Waals surface area contributed by atoms with Crippen LogP contribution < -0.4 is 18.9 Å². The maximum absolute atomic E-state index is 13.9. The molecule has 0 aromatic heterocycles. The predicted molar refractivity (Wildman–Crippen MR) is 88.7 cm³/mol. The van der Waals surface area contributed by atoms with Crippen molar-refractivity contribution in [1.29, 1.82) is 0 Å². The van der Waals surface area contributed by atoms with E-state index in [1.807, 2.05) is 0 Å². The van der Waals surface area contributed by atoms with Crippen molar-refractivity contribution >= 4 is 10.0 Å². The van der Waals surface area contributed by atoms with Crippen LogP contribution in [0.5, 0.6) is 23.0 Å². The zero-order valence-corrected chi connectivity index (χ0v) is 14.7. The topological polar surface area (TPSA) is 74.3 Å². The second kappa shape index (κ2) is 6.33. The first-order valence-electron chi connectivity index (χ1n) is 7.88. The van der Waals surface area contributed by atoms with Crippen LogP contribution >= 0.6 is 0 Å². The number of hydrogen-bond donors (Lipinski definition) is 0. The van der Waals surface area contributed by atoms with Crippen molar-refractivity contribution in [3.8, 4) is 23.0 Å². The molecule has 0 unspecified atom stereocenters. The molecule has 2 aliphatic rings. The van der Waals surface area contributed by atoms with Crippen LogP contribution in [0.3, 0.4) is 0 Å². The quantitative estimate of drug-likeness (QED) is 0.789. The Balaban J connectivity index is 1.46. The Morgan fingerprint density at radius 3 is 2.69 bits per heavy atom. The van der Waals surface area contributed by atoms with Crippen molar-refractivity contribution in [2.75, 3.05) is 27.0 Å². The van der Waals surface area contributed by atoms with Crippen molar-refractivity contribution < 1.29 is 31.8 Å². The third kappa shape index (κ3) is 2.82. The number of halogens is 1. The first kappa shape index (κ1) is 16.9. The summed E-state index contributed by atoms with van der Waals surface area (Å²) in [6.07, 6.45) is -0.454. The maximum Gasteiger partial charge on any atom is 0.243 e.